The van der Waals surface area contributed by atoms with E-state index in [2.05, 4.69) is 19.2 Å². The molecule has 1 fully saturated rings. The summed E-state index contributed by atoms with van der Waals surface area (Å²) in [4.78, 5) is 13.7. The van der Waals surface area contributed by atoms with E-state index in [1.165, 1.54) is 0 Å². The second-order valence-electron chi connectivity index (χ2n) is 5.34. The van der Waals surface area contributed by atoms with Crippen LogP contribution >= 0.6 is 0 Å². The topological polar surface area (TPSA) is 66.5 Å². The molecule has 1 saturated heterocycles. The molecule has 0 saturated carbocycles. The van der Waals surface area contributed by atoms with Crippen molar-refractivity contribution in [1.82, 2.24) is 10.2 Å². The summed E-state index contributed by atoms with van der Waals surface area (Å²) < 4.78 is 22.9. The predicted octanol–water partition coefficient (Wildman–Crippen LogP) is 1.76. The SMILES string of the molecule is CCN(C(=O)N/C=C(\C)C(C)C)C1CCS(=O)(=O)C1. The van der Waals surface area contributed by atoms with Gasteiger partial charge in [0.15, 0.2) is 9.84 Å². The van der Waals surface area contributed by atoms with Gasteiger partial charge in [0.05, 0.1) is 11.5 Å². The Kier molecular flexibility index (Phi) is 5.40. The van der Waals surface area contributed by atoms with E-state index in [9.17, 15) is 13.2 Å². The number of sulfone groups is 1. The molecule has 1 atom stereocenters. The van der Waals surface area contributed by atoms with Gasteiger partial charge < -0.3 is 10.2 Å². The minimum absolute atomic E-state index is 0.0845. The largest absolute Gasteiger partial charge is 0.321 e. The van der Waals surface area contributed by atoms with Crippen molar-refractivity contribution in [3.05, 3.63) is 11.8 Å². The maximum Gasteiger partial charge on any atom is 0.321 e. The molecule has 1 aliphatic heterocycles. The third kappa shape index (κ3) is 4.53. The summed E-state index contributed by atoms with van der Waals surface area (Å²) in [5, 5.41) is 2.75. The van der Waals surface area contributed by atoms with Crippen LogP contribution < -0.4 is 5.32 Å². The quantitative estimate of drug-likeness (QED) is 0.857. The Labute approximate surface area is 116 Å². The van der Waals surface area contributed by atoms with Gasteiger partial charge in [-0.05, 0) is 26.2 Å². The molecule has 1 aliphatic rings. The minimum atomic E-state index is -2.97. The Hall–Kier alpha value is -1.04. The minimum Gasteiger partial charge on any atom is -0.321 e. The van der Waals surface area contributed by atoms with E-state index in [4.69, 9.17) is 0 Å². The zero-order chi connectivity index (χ0) is 14.6. The highest BCUT2D eigenvalue weighted by atomic mass is 32.2. The van der Waals surface area contributed by atoms with E-state index >= 15 is 0 Å². The molecule has 19 heavy (non-hydrogen) atoms. The number of hydrogen-bond acceptors (Lipinski definition) is 3. The molecule has 0 spiro atoms. The van der Waals surface area contributed by atoms with Crippen molar-refractivity contribution in [1.29, 1.82) is 0 Å². The first kappa shape index (κ1) is 16.0. The fourth-order valence-corrected chi connectivity index (χ4v) is 3.74. The molecule has 1 heterocycles. The lowest BCUT2D eigenvalue weighted by Crippen LogP contribution is -2.45. The summed E-state index contributed by atoms with van der Waals surface area (Å²) in [5.74, 6) is 0.644. The van der Waals surface area contributed by atoms with Crippen molar-refractivity contribution in [2.75, 3.05) is 18.1 Å². The lowest BCUT2D eigenvalue weighted by atomic mass is 10.1. The van der Waals surface area contributed by atoms with Gasteiger partial charge in [-0.1, -0.05) is 19.4 Å². The van der Waals surface area contributed by atoms with Crippen molar-refractivity contribution in [3.8, 4) is 0 Å². The maximum absolute atomic E-state index is 12.1. The number of urea groups is 1. The molecule has 6 heteroatoms. The normalized spacial score (nSPS) is 22.6. The molecule has 0 aliphatic carbocycles. The summed E-state index contributed by atoms with van der Waals surface area (Å²) in [5.41, 5.74) is 1.09. The number of allylic oxidation sites excluding steroid dienone is 1. The summed E-state index contributed by atoms with van der Waals surface area (Å²) in [6.07, 6.45) is 2.25. The fraction of sp³-hybridized carbons (Fsp3) is 0.769. The highest BCUT2D eigenvalue weighted by molar-refractivity contribution is 7.91. The molecular weight excluding hydrogens is 264 g/mol. The van der Waals surface area contributed by atoms with Crippen LogP contribution in [0.2, 0.25) is 0 Å². The molecule has 1 unspecified atom stereocenters. The number of carbonyl (C=O) groups is 1. The van der Waals surface area contributed by atoms with Crippen molar-refractivity contribution >= 4 is 15.9 Å². The lowest BCUT2D eigenvalue weighted by Gasteiger charge is -2.26. The van der Waals surface area contributed by atoms with E-state index in [1.54, 1.807) is 11.1 Å². The van der Waals surface area contributed by atoms with Crippen LogP contribution in [-0.2, 0) is 9.84 Å². The van der Waals surface area contributed by atoms with Crippen LogP contribution in [0.4, 0.5) is 4.79 Å². The first-order valence-electron chi connectivity index (χ1n) is 6.71. The Balaban J connectivity index is 2.66. The number of nitrogens with one attached hydrogen (secondary N) is 1. The van der Waals surface area contributed by atoms with Crippen LogP contribution in [0.3, 0.4) is 0 Å². The number of rotatable bonds is 4. The van der Waals surface area contributed by atoms with Crippen LogP contribution in [-0.4, -0.2) is 43.4 Å². The van der Waals surface area contributed by atoms with Gasteiger partial charge in [0.1, 0.15) is 0 Å². The van der Waals surface area contributed by atoms with Crippen molar-refractivity contribution in [2.24, 2.45) is 5.92 Å². The van der Waals surface area contributed by atoms with Gasteiger partial charge in [-0.15, -0.1) is 0 Å². The van der Waals surface area contributed by atoms with E-state index in [-0.39, 0.29) is 23.6 Å². The van der Waals surface area contributed by atoms with Gasteiger partial charge >= 0.3 is 6.03 Å². The molecule has 0 aromatic carbocycles. The third-order valence-electron chi connectivity index (χ3n) is 3.58. The van der Waals surface area contributed by atoms with Crippen molar-refractivity contribution in [2.45, 2.75) is 40.2 Å². The summed E-state index contributed by atoms with van der Waals surface area (Å²) in [7, 11) is -2.97. The summed E-state index contributed by atoms with van der Waals surface area (Å²) >= 11 is 0. The predicted molar refractivity (Wildman–Crippen MR) is 76.6 cm³/mol. The smallest absolute Gasteiger partial charge is 0.321 e. The fourth-order valence-electron chi connectivity index (χ4n) is 2.01. The highest BCUT2D eigenvalue weighted by Crippen LogP contribution is 2.17. The first-order chi connectivity index (χ1) is 8.76. The van der Waals surface area contributed by atoms with Gasteiger partial charge in [-0.3, -0.25) is 0 Å². The first-order valence-corrected chi connectivity index (χ1v) is 8.53. The van der Waals surface area contributed by atoms with Crippen LogP contribution in [0, 0.1) is 5.92 Å². The molecule has 0 bridgehead atoms. The number of nitrogens with zero attached hydrogens (tertiary/aromatic N) is 1. The van der Waals surface area contributed by atoms with Gasteiger partial charge in [0.2, 0.25) is 0 Å². The van der Waals surface area contributed by atoms with E-state index in [0.29, 0.717) is 18.9 Å². The van der Waals surface area contributed by atoms with E-state index < -0.39 is 9.84 Å². The average molecular weight is 288 g/mol. The van der Waals surface area contributed by atoms with Crippen LogP contribution in [0.25, 0.3) is 0 Å². The Morgan fingerprint density at radius 2 is 2.11 bits per heavy atom. The van der Waals surface area contributed by atoms with Gasteiger partial charge in [-0.2, -0.15) is 0 Å². The van der Waals surface area contributed by atoms with Crippen molar-refractivity contribution in [3.63, 3.8) is 0 Å². The standard InChI is InChI=1S/C13H24N2O3S/c1-5-15(12-6-7-19(17,18)9-12)13(16)14-8-11(4)10(2)3/h8,10,12H,5-7,9H2,1-4H3,(H,14,16)/b11-8+. The van der Waals surface area contributed by atoms with Gasteiger partial charge in [0.25, 0.3) is 0 Å². The molecule has 1 rings (SSSR count). The monoisotopic (exact) mass is 288 g/mol. The van der Waals surface area contributed by atoms with Gasteiger partial charge in [0, 0.05) is 18.8 Å². The second kappa shape index (κ2) is 6.41. The number of carbonyl (C=O) groups excluding carboxylic acids is 1. The van der Waals surface area contributed by atoms with Crippen LogP contribution in [0.1, 0.15) is 34.1 Å². The van der Waals surface area contributed by atoms with E-state index in [1.807, 2.05) is 13.8 Å². The highest BCUT2D eigenvalue weighted by Gasteiger charge is 2.33. The zero-order valence-corrected chi connectivity index (χ0v) is 13.0. The summed E-state index contributed by atoms with van der Waals surface area (Å²) in [6.45, 7) is 8.45. The molecule has 5 nitrogen and oxygen atoms in total. The summed E-state index contributed by atoms with van der Waals surface area (Å²) in [6, 6.07) is -0.410. The third-order valence-corrected chi connectivity index (χ3v) is 5.34. The van der Waals surface area contributed by atoms with E-state index in [0.717, 1.165) is 5.57 Å². The molecule has 0 aromatic rings. The molecule has 110 valence electrons. The lowest BCUT2D eigenvalue weighted by molar-refractivity contribution is 0.187. The molecule has 2 amide bonds. The second-order valence-corrected chi connectivity index (χ2v) is 7.56. The number of hydrogen-bond donors (Lipinski definition) is 1. The molecule has 0 radical (unpaired) electrons. The van der Waals surface area contributed by atoms with Gasteiger partial charge in [-0.25, -0.2) is 13.2 Å². The Bertz CT molecular complexity index is 455. The Morgan fingerprint density at radius 3 is 2.53 bits per heavy atom. The number of amides is 2. The maximum atomic E-state index is 12.1. The molecule has 0 aromatic heterocycles. The van der Waals surface area contributed by atoms with Crippen molar-refractivity contribution < 1.29 is 13.2 Å². The average Bonchev–Trinajstić information content (AvgIpc) is 2.67. The molecular formula is C13H24N2O3S. The molecule has 1 N–H and O–H groups in total. The van der Waals surface area contributed by atoms with Crippen LogP contribution in [0.15, 0.2) is 11.8 Å². The van der Waals surface area contributed by atoms with Crippen LogP contribution in [0.5, 0.6) is 0 Å². The Morgan fingerprint density at radius 1 is 1.47 bits per heavy atom. The zero-order valence-electron chi connectivity index (χ0n) is 12.1.